The maximum absolute atomic E-state index is 11.2. The Labute approximate surface area is 121 Å². The third kappa shape index (κ3) is 2.89. The molecule has 0 aliphatic carbocycles. The number of nitrogens with two attached hydrogens (primary N) is 1. The molecule has 3 heterocycles. The Morgan fingerprint density at radius 1 is 1.45 bits per heavy atom. The van der Waals surface area contributed by atoms with E-state index in [0.717, 1.165) is 4.88 Å². The van der Waals surface area contributed by atoms with Crippen molar-refractivity contribution in [2.75, 3.05) is 5.73 Å². The highest BCUT2D eigenvalue weighted by atomic mass is 32.2. The van der Waals surface area contributed by atoms with Crippen LogP contribution in [0.25, 0.3) is 10.8 Å². The summed E-state index contributed by atoms with van der Waals surface area (Å²) >= 11 is 2.80. The van der Waals surface area contributed by atoms with Gasteiger partial charge in [-0.25, -0.2) is 4.98 Å². The van der Waals surface area contributed by atoms with Gasteiger partial charge in [0.2, 0.25) is 5.89 Å². The molecule has 0 fully saturated rings. The van der Waals surface area contributed by atoms with Crippen molar-refractivity contribution in [3.63, 3.8) is 0 Å². The first-order valence-electron chi connectivity index (χ1n) is 5.56. The fraction of sp³-hybridized carbons (Fsp3) is 0.0909. The first-order valence-corrected chi connectivity index (χ1v) is 7.43. The van der Waals surface area contributed by atoms with E-state index in [1.54, 1.807) is 0 Å². The first kappa shape index (κ1) is 12.9. The van der Waals surface area contributed by atoms with Crippen LogP contribution in [0.3, 0.4) is 0 Å². The summed E-state index contributed by atoms with van der Waals surface area (Å²) in [5.41, 5.74) is 5.21. The first-order chi connectivity index (χ1) is 9.70. The highest BCUT2D eigenvalue weighted by Gasteiger charge is 2.10. The zero-order chi connectivity index (χ0) is 13.9. The summed E-state index contributed by atoms with van der Waals surface area (Å²) in [6.07, 6.45) is 0. The Balaban J connectivity index is 1.71. The van der Waals surface area contributed by atoms with Gasteiger partial charge in [0, 0.05) is 6.07 Å². The van der Waals surface area contributed by atoms with E-state index in [9.17, 15) is 4.79 Å². The Morgan fingerprint density at radius 2 is 2.35 bits per heavy atom. The van der Waals surface area contributed by atoms with Crippen LogP contribution < -0.4 is 11.3 Å². The van der Waals surface area contributed by atoms with Crippen LogP contribution in [0.2, 0.25) is 0 Å². The van der Waals surface area contributed by atoms with Crippen LogP contribution in [-0.4, -0.2) is 20.2 Å². The van der Waals surface area contributed by atoms with E-state index < -0.39 is 0 Å². The highest BCUT2D eigenvalue weighted by Crippen LogP contribution is 2.25. The molecule has 0 atom stereocenters. The molecule has 20 heavy (non-hydrogen) atoms. The number of rotatable bonds is 4. The lowest BCUT2D eigenvalue weighted by atomic mass is 10.5. The summed E-state index contributed by atoms with van der Waals surface area (Å²) in [5.74, 6) is 1.54. The molecular formula is C11H9N5O2S2. The van der Waals surface area contributed by atoms with Crippen LogP contribution in [0.4, 0.5) is 5.82 Å². The molecule has 9 heteroatoms. The van der Waals surface area contributed by atoms with E-state index in [1.807, 2.05) is 17.5 Å². The summed E-state index contributed by atoms with van der Waals surface area (Å²) in [6.45, 7) is 0. The van der Waals surface area contributed by atoms with Gasteiger partial charge in [0.05, 0.1) is 10.6 Å². The maximum atomic E-state index is 11.2. The standard InChI is InChI=1S/C11H9N5O2S2/c12-7-4-8(17)14-11(13-7)20-5-9-15-16-10(18-9)6-2-1-3-19-6/h1-4H,5H2,(H3,12,13,14,17). The molecule has 0 saturated heterocycles. The van der Waals surface area contributed by atoms with Crippen LogP contribution in [0.15, 0.2) is 37.9 Å². The summed E-state index contributed by atoms with van der Waals surface area (Å²) in [4.78, 5) is 18.7. The van der Waals surface area contributed by atoms with Crippen molar-refractivity contribution < 1.29 is 4.42 Å². The van der Waals surface area contributed by atoms with Gasteiger partial charge in [0.15, 0.2) is 5.16 Å². The van der Waals surface area contributed by atoms with Gasteiger partial charge in [-0.1, -0.05) is 17.8 Å². The van der Waals surface area contributed by atoms with Crippen LogP contribution in [0, 0.1) is 0 Å². The molecule has 0 amide bonds. The quantitative estimate of drug-likeness (QED) is 0.558. The lowest BCUT2D eigenvalue weighted by molar-refractivity contribution is 0.529. The van der Waals surface area contributed by atoms with Crippen molar-refractivity contribution in [2.45, 2.75) is 10.9 Å². The maximum Gasteiger partial charge on any atom is 0.257 e. The Bertz CT molecular complexity index is 765. The third-order valence-corrected chi connectivity index (χ3v) is 3.99. The van der Waals surface area contributed by atoms with Crippen molar-refractivity contribution in [1.29, 1.82) is 0 Å². The molecular weight excluding hydrogens is 298 g/mol. The number of aromatic nitrogens is 4. The summed E-state index contributed by atoms with van der Waals surface area (Å²) in [5, 5.41) is 10.3. The fourth-order valence-corrected chi connectivity index (χ4v) is 2.83. The normalized spacial score (nSPS) is 10.8. The molecule has 0 saturated carbocycles. The van der Waals surface area contributed by atoms with Crippen LogP contribution in [-0.2, 0) is 5.75 Å². The van der Waals surface area contributed by atoms with Gasteiger partial charge < -0.3 is 15.1 Å². The van der Waals surface area contributed by atoms with Gasteiger partial charge >= 0.3 is 0 Å². The second-order valence-corrected chi connectivity index (χ2v) is 5.65. The molecule has 3 rings (SSSR count). The minimum absolute atomic E-state index is 0.182. The zero-order valence-electron chi connectivity index (χ0n) is 10.1. The second-order valence-electron chi connectivity index (χ2n) is 3.74. The van der Waals surface area contributed by atoms with Crippen LogP contribution >= 0.6 is 23.1 Å². The molecule has 102 valence electrons. The number of nitrogen functional groups attached to an aromatic ring is 1. The van der Waals surface area contributed by atoms with E-state index in [1.165, 1.54) is 29.2 Å². The number of anilines is 1. The van der Waals surface area contributed by atoms with Gasteiger partial charge in [-0.15, -0.1) is 21.5 Å². The third-order valence-electron chi connectivity index (χ3n) is 2.27. The number of nitrogens with one attached hydrogen (secondary N) is 1. The van der Waals surface area contributed by atoms with Gasteiger partial charge in [0.25, 0.3) is 11.4 Å². The van der Waals surface area contributed by atoms with Gasteiger partial charge in [-0.3, -0.25) is 4.79 Å². The number of thioether (sulfide) groups is 1. The van der Waals surface area contributed by atoms with Crippen molar-refractivity contribution in [1.82, 2.24) is 20.2 Å². The number of hydrogen-bond donors (Lipinski definition) is 2. The predicted molar refractivity (Wildman–Crippen MR) is 76.4 cm³/mol. The predicted octanol–water partition coefficient (Wildman–Crippen LogP) is 1.76. The smallest absolute Gasteiger partial charge is 0.257 e. The molecule has 0 bridgehead atoms. The van der Waals surface area contributed by atoms with Gasteiger partial charge in [-0.2, -0.15) is 0 Å². The number of hydrogen-bond acceptors (Lipinski definition) is 8. The molecule has 0 aliphatic rings. The highest BCUT2D eigenvalue weighted by molar-refractivity contribution is 7.98. The van der Waals surface area contributed by atoms with E-state index in [-0.39, 0.29) is 11.4 Å². The number of nitrogens with zero attached hydrogens (tertiary/aromatic N) is 3. The molecule has 0 unspecified atom stereocenters. The summed E-state index contributed by atoms with van der Waals surface area (Å²) < 4.78 is 5.53. The van der Waals surface area contributed by atoms with E-state index >= 15 is 0 Å². The van der Waals surface area contributed by atoms with Crippen LogP contribution in [0.1, 0.15) is 5.89 Å². The molecule has 0 spiro atoms. The van der Waals surface area contributed by atoms with Crippen molar-refractivity contribution in [3.05, 3.63) is 39.8 Å². The van der Waals surface area contributed by atoms with Crippen molar-refractivity contribution in [2.24, 2.45) is 0 Å². The zero-order valence-corrected chi connectivity index (χ0v) is 11.7. The fourth-order valence-electron chi connectivity index (χ4n) is 1.46. The Hall–Kier alpha value is -2.13. The lowest BCUT2D eigenvalue weighted by Crippen LogP contribution is -2.09. The molecule has 0 radical (unpaired) electrons. The average molecular weight is 307 g/mol. The molecule has 3 aromatic heterocycles. The average Bonchev–Trinajstić information content (AvgIpc) is 3.06. The topological polar surface area (TPSA) is 111 Å². The van der Waals surface area contributed by atoms with E-state index in [4.69, 9.17) is 10.2 Å². The van der Waals surface area contributed by atoms with E-state index in [2.05, 4.69) is 20.2 Å². The van der Waals surface area contributed by atoms with Gasteiger partial charge in [0.1, 0.15) is 5.82 Å². The Morgan fingerprint density at radius 3 is 3.10 bits per heavy atom. The van der Waals surface area contributed by atoms with Crippen LogP contribution in [0.5, 0.6) is 0 Å². The molecule has 3 N–H and O–H groups in total. The minimum atomic E-state index is -0.287. The van der Waals surface area contributed by atoms with E-state index in [0.29, 0.717) is 22.7 Å². The SMILES string of the molecule is Nc1cc(=O)[nH]c(SCc2nnc(-c3cccs3)o2)n1. The molecule has 0 aliphatic heterocycles. The summed E-state index contributed by atoms with van der Waals surface area (Å²) in [7, 11) is 0. The monoisotopic (exact) mass is 307 g/mol. The van der Waals surface area contributed by atoms with Crippen molar-refractivity contribution in [3.8, 4) is 10.8 Å². The lowest BCUT2D eigenvalue weighted by Gasteiger charge is -1.98. The Kier molecular flexibility index (Phi) is 3.52. The second kappa shape index (κ2) is 5.47. The largest absolute Gasteiger partial charge is 0.419 e. The molecule has 7 nitrogen and oxygen atoms in total. The molecule has 3 aromatic rings. The number of aromatic amines is 1. The minimum Gasteiger partial charge on any atom is -0.419 e. The summed E-state index contributed by atoms with van der Waals surface area (Å²) in [6, 6.07) is 5.05. The number of H-pyrrole nitrogens is 1. The van der Waals surface area contributed by atoms with Crippen molar-refractivity contribution >= 4 is 28.9 Å². The van der Waals surface area contributed by atoms with Gasteiger partial charge in [-0.05, 0) is 11.4 Å². The molecule has 0 aromatic carbocycles. The number of thiophene rings is 1.